The molecule has 0 fully saturated rings. The Bertz CT molecular complexity index is 1070. The Hall–Kier alpha value is -3.17. The Morgan fingerprint density at radius 1 is 0.793 bits per heavy atom. The Kier molecular flexibility index (Phi) is 4.33. The van der Waals surface area contributed by atoms with Crippen LogP contribution in [0.25, 0.3) is 0 Å². The number of anilines is 2. The first-order valence-corrected chi connectivity index (χ1v) is 10.9. The van der Waals surface area contributed by atoms with Gasteiger partial charge in [-0.15, -0.1) is 0 Å². The fourth-order valence-corrected chi connectivity index (χ4v) is 6.65. The largest absolute Gasteiger partial charge is 0.351 e. The number of nitrogens with one attached hydrogen (secondary N) is 1. The van der Waals surface area contributed by atoms with Crippen molar-refractivity contribution in [1.82, 2.24) is 4.78 Å². The normalized spacial score (nSPS) is 22.9. The van der Waals surface area contributed by atoms with Crippen molar-refractivity contribution < 1.29 is 0 Å². The molecule has 0 saturated carbocycles. The van der Waals surface area contributed by atoms with Crippen LogP contribution in [0.3, 0.4) is 0 Å². The number of nitrogens with zero attached hydrogens (tertiary/aromatic N) is 4. The predicted molar refractivity (Wildman–Crippen MR) is 122 cm³/mol. The van der Waals surface area contributed by atoms with Crippen LogP contribution in [0.1, 0.15) is 12.5 Å². The maximum atomic E-state index is 5.18. The van der Waals surface area contributed by atoms with E-state index in [9.17, 15) is 0 Å². The molecule has 0 spiro atoms. The average molecular weight is 399 g/mol. The topological polar surface area (TPSA) is 43.2 Å². The third kappa shape index (κ3) is 2.81. The van der Waals surface area contributed by atoms with E-state index >= 15 is 0 Å². The van der Waals surface area contributed by atoms with Gasteiger partial charge in [-0.1, -0.05) is 66.7 Å². The highest BCUT2D eigenvalue weighted by Gasteiger charge is 2.60. The number of hydrogen-bond acceptors (Lipinski definition) is 5. The van der Waals surface area contributed by atoms with Gasteiger partial charge < -0.3 is 5.32 Å². The van der Waals surface area contributed by atoms with E-state index in [0.717, 1.165) is 28.1 Å². The van der Waals surface area contributed by atoms with Crippen molar-refractivity contribution in [2.75, 3.05) is 17.4 Å². The molecular formula is C23H22N5P. The lowest BCUT2D eigenvalue weighted by atomic mass is 10.2. The van der Waals surface area contributed by atoms with Gasteiger partial charge in [0.2, 0.25) is 5.40 Å². The Balaban J connectivity index is 1.71. The summed E-state index contributed by atoms with van der Waals surface area (Å²) in [6.07, 6.45) is 0. The number of fused-ring (bicyclic) bond motifs is 1. The van der Waals surface area contributed by atoms with Gasteiger partial charge in [0.25, 0.3) is 0 Å². The minimum atomic E-state index is -0.910. The van der Waals surface area contributed by atoms with Crippen LogP contribution in [0.15, 0.2) is 101 Å². The molecular weight excluding hydrogens is 377 g/mol. The molecule has 5 rings (SSSR count). The van der Waals surface area contributed by atoms with Crippen LogP contribution >= 0.6 is 8.07 Å². The van der Waals surface area contributed by atoms with E-state index in [4.69, 9.17) is 10.2 Å². The zero-order valence-electron chi connectivity index (χ0n) is 16.4. The SMILES string of the molecule is CC1=NN(C)P2C(c3ccccc3)=NN(c3ccccc3)C12Nc1ccccc1. The zero-order valence-corrected chi connectivity index (χ0v) is 17.3. The molecule has 5 nitrogen and oxygen atoms in total. The lowest BCUT2D eigenvalue weighted by Crippen LogP contribution is -2.52. The van der Waals surface area contributed by atoms with E-state index in [2.05, 4.69) is 89.7 Å². The van der Waals surface area contributed by atoms with E-state index in [0.29, 0.717) is 0 Å². The van der Waals surface area contributed by atoms with Crippen LogP contribution in [0.4, 0.5) is 11.4 Å². The van der Waals surface area contributed by atoms with Crippen molar-refractivity contribution in [3.63, 3.8) is 0 Å². The van der Waals surface area contributed by atoms with Crippen LogP contribution in [-0.4, -0.2) is 28.4 Å². The van der Waals surface area contributed by atoms with Gasteiger partial charge in [0.1, 0.15) is 13.5 Å². The predicted octanol–water partition coefficient (Wildman–Crippen LogP) is 5.35. The molecule has 2 unspecified atom stereocenters. The maximum Gasteiger partial charge on any atom is 0.217 e. The molecule has 2 aliphatic rings. The Labute approximate surface area is 172 Å². The smallest absolute Gasteiger partial charge is 0.217 e. The summed E-state index contributed by atoms with van der Waals surface area (Å²) in [6.45, 7) is 2.09. The highest BCUT2D eigenvalue weighted by atomic mass is 31.1. The summed E-state index contributed by atoms with van der Waals surface area (Å²) in [4.78, 5) is 0. The Morgan fingerprint density at radius 3 is 2.03 bits per heavy atom. The lowest BCUT2D eigenvalue weighted by Gasteiger charge is -2.39. The molecule has 6 heteroatoms. The fourth-order valence-electron chi connectivity index (χ4n) is 3.94. The summed E-state index contributed by atoms with van der Waals surface area (Å²) in [5, 5.41) is 15.5. The van der Waals surface area contributed by atoms with E-state index in [-0.39, 0.29) is 0 Å². The van der Waals surface area contributed by atoms with Crippen molar-refractivity contribution in [2.45, 2.75) is 12.3 Å². The van der Waals surface area contributed by atoms with Crippen molar-refractivity contribution in [2.24, 2.45) is 10.2 Å². The highest BCUT2D eigenvalue weighted by Crippen LogP contribution is 2.65. The van der Waals surface area contributed by atoms with E-state index in [1.54, 1.807) is 0 Å². The fraction of sp³-hybridized carbons (Fsp3) is 0.130. The van der Waals surface area contributed by atoms with E-state index in [1.165, 1.54) is 0 Å². The van der Waals surface area contributed by atoms with Gasteiger partial charge in [0, 0.05) is 18.3 Å². The summed E-state index contributed by atoms with van der Waals surface area (Å²) >= 11 is 0. The van der Waals surface area contributed by atoms with Gasteiger partial charge in [0.05, 0.1) is 11.4 Å². The monoisotopic (exact) mass is 399 g/mol. The van der Waals surface area contributed by atoms with Gasteiger partial charge in [-0.2, -0.15) is 10.2 Å². The maximum absolute atomic E-state index is 5.18. The number of para-hydroxylation sites is 2. The molecule has 144 valence electrons. The van der Waals surface area contributed by atoms with Crippen LogP contribution in [0.2, 0.25) is 0 Å². The van der Waals surface area contributed by atoms with Crippen LogP contribution in [0, 0.1) is 0 Å². The molecule has 0 amide bonds. The molecule has 3 aromatic rings. The summed E-state index contributed by atoms with van der Waals surface area (Å²) in [5.41, 5.74) is 5.30. The summed E-state index contributed by atoms with van der Waals surface area (Å²) in [7, 11) is 1.14. The number of hydrazone groups is 2. The zero-order chi connectivity index (χ0) is 19.8. The van der Waals surface area contributed by atoms with Crippen LogP contribution in [-0.2, 0) is 0 Å². The van der Waals surface area contributed by atoms with Gasteiger partial charge in [-0.05, 0) is 31.2 Å². The molecule has 0 aliphatic carbocycles. The minimum absolute atomic E-state index is 0.544. The Morgan fingerprint density at radius 2 is 1.38 bits per heavy atom. The third-order valence-corrected chi connectivity index (χ3v) is 7.88. The molecule has 0 bridgehead atoms. The van der Waals surface area contributed by atoms with Gasteiger partial charge >= 0.3 is 0 Å². The molecule has 0 aromatic heterocycles. The summed E-state index contributed by atoms with van der Waals surface area (Å²) in [6, 6.07) is 31.1. The summed E-state index contributed by atoms with van der Waals surface area (Å²) < 4.78 is 2.09. The molecule has 2 atom stereocenters. The number of rotatable bonds is 4. The van der Waals surface area contributed by atoms with Crippen molar-refractivity contribution in [1.29, 1.82) is 0 Å². The lowest BCUT2D eigenvalue weighted by molar-refractivity contribution is 0.611. The number of hydrogen-bond donors (Lipinski definition) is 1. The van der Waals surface area contributed by atoms with Crippen LogP contribution in [0.5, 0.6) is 0 Å². The molecule has 29 heavy (non-hydrogen) atoms. The standard InChI is InChI=1S/C23H22N5P/c1-18-23(24-20-14-8-4-9-15-20)28(21-16-10-5-11-17-21)26-22(29(23)27(2)25-18)19-12-6-3-7-13-19/h3-17,24H,1-2H3. The van der Waals surface area contributed by atoms with E-state index in [1.807, 2.05) is 30.3 Å². The molecule has 3 aromatic carbocycles. The van der Waals surface area contributed by atoms with Gasteiger partial charge in [0.15, 0.2) is 0 Å². The summed E-state index contributed by atoms with van der Waals surface area (Å²) in [5.74, 6) is 0. The van der Waals surface area contributed by atoms with Crippen molar-refractivity contribution in [3.05, 3.63) is 96.6 Å². The van der Waals surface area contributed by atoms with Crippen LogP contribution < -0.4 is 10.3 Å². The molecule has 1 N–H and O–H groups in total. The second-order valence-electron chi connectivity index (χ2n) is 7.09. The number of benzene rings is 3. The third-order valence-electron chi connectivity index (χ3n) is 5.22. The highest BCUT2D eigenvalue weighted by molar-refractivity contribution is 7.77. The van der Waals surface area contributed by atoms with Gasteiger partial charge in [-0.25, -0.2) is 5.01 Å². The second kappa shape index (κ2) is 7.02. The average Bonchev–Trinajstić information content (AvgIpc) is 3.23. The molecule has 2 heterocycles. The molecule has 0 radical (unpaired) electrons. The first kappa shape index (κ1) is 17.9. The first-order chi connectivity index (χ1) is 14.2. The van der Waals surface area contributed by atoms with Crippen molar-refractivity contribution >= 4 is 30.6 Å². The molecule has 2 aliphatic heterocycles. The van der Waals surface area contributed by atoms with Gasteiger partial charge in [-0.3, -0.25) is 4.78 Å². The molecule has 0 saturated heterocycles. The van der Waals surface area contributed by atoms with Crippen molar-refractivity contribution in [3.8, 4) is 0 Å². The minimum Gasteiger partial charge on any atom is -0.351 e. The first-order valence-electron chi connectivity index (χ1n) is 9.62. The second-order valence-corrected chi connectivity index (χ2v) is 9.36. The quantitative estimate of drug-likeness (QED) is 0.601. The van der Waals surface area contributed by atoms with E-state index < -0.39 is 13.5 Å².